The Bertz CT molecular complexity index is 801. The lowest BCUT2D eigenvalue weighted by molar-refractivity contribution is 0.364. The van der Waals surface area contributed by atoms with E-state index in [1.807, 2.05) is 30.6 Å². The predicted molar refractivity (Wildman–Crippen MR) is 100.0 cm³/mol. The average molecular weight is 348 g/mol. The molecule has 26 heavy (non-hydrogen) atoms. The van der Waals surface area contributed by atoms with E-state index in [-0.39, 0.29) is 5.92 Å². The molecule has 1 aliphatic rings. The highest BCUT2D eigenvalue weighted by Crippen LogP contribution is 2.32. The number of alkyl halides is 1. The average Bonchev–Trinajstić information content (AvgIpc) is 3.14. The molecule has 0 radical (unpaired) electrons. The van der Waals surface area contributed by atoms with Crippen molar-refractivity contribution in [1.29, 1.82) is 0 Å². The van der Waals surface area contributed by atoms with E-state index in [0.717, 1.165) is 35.5 Å². The Labute approximate surface area is 152 Å². The summed E-state index contributed by atoms with van der Waals surface area (Å²) in [5.41, 5.74) is 3.40. The van der Waals surface area contributed by atoms with Crippen molar-refractivity contribution in [1.82, 2.24) is 15.0 Å². The molecule has 0 amide bonds. The van der Waals surface area contributed by atoms with Crippen LogP contribution < -0.4 is 4.90 Å². The van der Waals surface area contributed by atoms with Gasteiger partial charge >= 0.3 is 0 Å². The van der Waals surface area contributed by atoms with Gasteiger partial charge in [-0.05, 0) is 47.7 Å². The first kappa shape index (κ1) is 16.6. The summed E-state index contributed by atoms with van der Waals surface area (Å²) in [5.74, 6) is 1.02. The van der Waals surface area contributed by atoms with Crippen molar-refractivity contribution in [2.45, 2.75) is 24.9 Å². The topological polar surface area (TPSA) is 41.9 Å². The quantitative estimate of drug-likeness (QED) is 0.703. The molecule has 4 rings (SSSR count). The molecule has 0 aliphatic carbocycles. The van der Waals surface area contributed by atoms with Gasteiger partial charge in [0.15, 0.2) is 0 Å². The van der Waals surface area contributed by atoms with Crippen molar-refractivity contribution < 1.29 is 4.39 Å². The number of hydrogen-bond acceptors (Lipinski definition) is 4. The second kappa shape index (κ2) is 7.60. The highest BCUT2D eigenvalue weighted by atomic mass is 19.1. The molecule has 0 bridgehead atoms. The third-order valence-corrected chi connectivity index (χ3v) is 4.90. The lowest BCUT2D eigenvalue weighted by Crippen LogP contribution is -2.23. The Morgan fingerprint density at radius 3 is 2.27 bits per heavy atom. The van der Waals surface area contributed by atoms with Crippen molar-refractivity contribution in [3.63, 3.8) is 0 Å². The second-order valence-electron chi connectivity index (χ2n) is 6.65. The van der Waals surface area contributed by atoms with Gasteiger partial charge in [0.05, 0.1) is 6.54 Å². The Morgan fingerprint density at radius 1 is 1.00 bits per heavy atom. The smallest absolute Gasteiger partial charge is 0.131 e. The number of halogens is 1. The molecule has 3 aromatic heterocycles. The maximum absolute atomic E-state index is 13.7. The number of rotatable bonds is 5. The van der Waals surface area contributed by atoms with E-state index in [2.05, 4.69) is 38.1 Å². The maximum Gasteiger partial charge on any atom is 0.131 e. The molecule has 4 nitrogen and oxygen atoms in total. The van der Waals surface area contributed by atoms with E-state index >= 15 is 0 Å². The highest BCUT2D eigenvalue weighted by molar-refractivity contribution is 5.49. The molecule has 1 fully saturated rings. The zero-order valence-corrected chi connectivity index (χ0v) is 14.5. The molecular formula is C21H21FN4. The summed E-state index contributed by atoms with van der Waals surface area (Å²) in [6.45, 7) is 1.14. The third kappa shape index (κ3) is 3.57. The first-order chi connectivity index (χ1) is 12.8. The number of anilines is 1. The van der Waals surface area contributed by atoms with Crippen molar-refractivity contribution >= 4 is 5.82 Å². The van der Waals surface area contributed by atoms with Crippen LogP contribution in [0.15, 0.2) is 67.4 Å². The summed E-state index contributed by atoms with van der Waals surface area (Å²) in [5, 5.41) is 0. The van der Waals surface area contributed by atoms with Gasteiger partial charge in [-0.2, -0.15) is 0 Å². The van der Waals surface area contributed by atoms with Gasteiger partial charge in [0, 0.05) is 43.4 Å². The molecule has 132 valence electrons. The van der Waals surface area contributed by atoms with E-state index in [4.69, 9.17) is 0 Å². The summed E-state index contributed by atoms with van der Waals surface area (Å²) in [6, 6.07) is 12.1. The molecule has 0 unspecified atom stereocenters. The SMILES string of the molecule is F[C@@H]1CCN(c2ncccc2CC(c2cccnc2)c2cccnc2)C1. The summed E-state index contributed by atoms with van der Waals surface area (Å²) in [6.07, 6.45) is 9.74. The van der Waals surface area contributed by atoms with Crippen molar-refractivity contribution in [2.24, 2.45) is 0 Å². The molecule has 4 heterocycles. The van der Waals surface area contributed by atoms with Gasteiger partial charge in [-0.3, -0.25) is 9.97 Å². The number of aromatic nitrogens is 3. The van der Waals surface area contributed by atoms with Gasteiger partial charge in [-0.15, -0.1) is 0 Å². The van der Waals surface area contributed by atoms with E-state index in [1.165, 1.54) is 0 Å². The Kier molecular flexibility index (Phi) is 4.86. The fraction of sp³-hybridized carbons (Fsp3) is 0.286. The van der Waals surface area contributed by atoms with Crippen molar-refractivity contribution in [3.05, 3.63) is 84.1 Å². The summed E-state index contributed by atoms with van der Waals surface area (Å²) in [7, 11) is 0. The minimum absolute atomic E-state index is 0.129. The minimum Gasteiger partial charge on any atom is -0.353 e. The molecule has 0 spiro atoms. The highest BCUT2D eigenvalue weighted by Gasteiger charge is 2.26. The molecule has 1 aliphatic heterocycles. The zero-order chi connectivity index (χ0) is 17.8. The molecule has 0 N–H and O–H groups in total. The van der Waals surface area contributed by atoms with Crippen LogP contribution in [0.4, 0.5) is 10.2 Å². The maximum atomic E-state index is 13.7. The van der Waals surface area contributed by atoms with Crippen LogP contribution in [0, 0.1) is 0 Å². The Morgan fingerprint density at radius 2 is 1.69 bits per heavy atom. The van der Waals surface area contributed by atoms with Crippen molar-refractivity contribution in [3.8, 4) is 0 Å². The van der Waals surface area contributed by atoms with Crippen LogP contribution in [0.2, 0.25) is 0 Å². The largest absolute Gasteiger partial charge is 0.353 e. The van der Waals surface area contributed by atoms with Gasteiger partial charge in [0.1, 0.15) is 12.0 Å². The van der Waals surface area contributed by atoms with E-state index in [0.29, 0.717) is 13.0 Å². The van der Waals surface area contributed by atoms with Gasteiger partial charge in [-0.25, -0.2) is 9.37 Å². The standard InChI is InChI=1S/C21H21FN4/c22-19-7-11-26(15-19)21-16(4-3-10-25-21)12-20(17-5-1-8-23-13-17)18-6-2-9-24-14-18/h1-6,8-10,13-14,19-20H,7,11-12,15H2/t19-/m1/s1. The predicted octanol–water partition coefficient (Wildman–Crippen LogP) is 3.79. The van der Waals surface area contributed by atoms with Crippen LogP contribution >= 0.6 is 0 Å². The summed E-state index contributed by atoms with van der Waals surface area (Å²) >= 11 is 0. The first-order valence-corrected chi connectivity index (χ1v) is 8.94. The minimum atomic E-state index is -0.766. The van der Waals surface area contributed by atoms with Crippen LogP contribution in [0.1, 0.15) is 29.0 Å². The van der Waals surface area contributed by atoms with Crippen LogP contribution in [0.25, 0.3) is 0 Å². The monoisotopic (exact) mass is 348 g/mol. The lowest BCUT2D eigenvalue weighted by atomic mass is 9.87. The first-order valence-electron chi connectivity index (χ1n) is 8.94. The number of pyridine rings is 3. The molecule has 0 aromatic carbocycles. The molecule has 3 aromatic rings. The van der Waals surface area contributed by atoms with Crippen LogP contribution in [-0.4, -0.2) is 34.2 Å². The molecule has 1 saturated heterocycles. The summed E-state index contributed by atoms with van der Waals surface area (Å²) < 4.78 is 13.7. The molecule has 5 heteroatoms. The molecular weight excluding hydrogens is 327 g/mol. The fourth-order valence-electron chi connectivity index (χ4n) is 3.60. The number of hydrogen-bond donors (Lipinski definition) is 0. The van der Waals surface area contributed by atoms with E-state index in [9.17, 15) is 4.39 Å². The lowest BCUT2D eigenvalue weighted by Gasteiger charge is -2.23. The second-order valence-corrected chi connectivity index (χ2v) is 6.65. The van der Waals surface area contributed by atoms with E-state index in [1.54, 1.807) is 18.6 Å². The van der Waals surface area contributed by atoms with Gasteiger partial charge in [0.25, 0.3) is 0 Å². The van der Waals surface area contributed by atoms with E-state index < -0.39 is 6.17 Å². The Balaban J connectivity index is 1.69. The van der Waals surface area contributed by atoms with Gasteiger partial charge < -0.3 is 4.90 Å². The van der Waals surface area contributed by atoms with Gasteiger partial charge in [0.2, 0.25) is 0 Å². The van der Waals surface area contributed by atoms with Crippen LogP contribution in [-0.2, 0) is 6.42 Å². The number of nitrogens with zero attached hydrogens (tertiary/aromatic N) is 4. The van der Waals surface area contributed by atoms with Crippen LogP contribution in [0.5, 0.6) is 0 Å². The zero-order valence-electron chi connectivity index (χ0n) is 14.5. The molecule has 0 saturated carbocycles. The van der Waals surface area contributed by atoms with Crippen LogP contribution in [0.3, 0.4) is 0 Å². The normalized spacial score (nSPS) is 17.0. The Hall–Kier alpha value is -2.82. The summed E-state index contributed by atoms with van der Waals surface area (Å²) in [4.78, 5) is 15.2. The molecule has 1 atom stereocenters. The van der Waals surface area contributed by atoms with Crippen molar-refractivity contribution in [2.75, 3.05) is 18.0 Å². The fourth-order valence-corrected chi connectivity index (χ4v) is 3.60. The van der Waals surface area contributed by atoms with Gasteiger partial charge in [-0.1, -0.05) is 18.2 Å². The third-order valence-electron chi connectivity index (χ3n) is 4.90.